The molecule has 2 heterocycles. The van der Waals surface area contributed by atoms with E-state index in [1.54, 1.807) is 12.1 Å². The fraction of sp³-hybridized carbons (Fsp3) is 0.526. The molecule has 2 aliphatic heterocycles. The van der Waals surface area contributed by atoms with Gasteiger partial charge < -0.3 is 4.90 Å². The highest BCUT2D eigenvalue weighted by atomic mass is 32.2. The standard InChI is InChI=1S/C19H25N3O5S/c1-15(23)16-5-7-17(8-6-16)20-9-11-21(12-10-20)28(26,27)14-13-22-18(24)3-2-4-19(22)25/h5-8H,2-4,9-14H2,1H3. The minimum atomic E-state index is -3.54. The molecule has 8 nitrogen and oxygen atoms in total. The summed E-state index contributed by atoms with van der Waals surface area (Å²) in [6.07, 6.45) is 1.13. The Kier molecular flexibility index (Phi) is 6.14. The van der Waals surface area contributed by atoms with Gasteiger partial charge in [-0.2, -0.15) is 4.31 Å². The maximum absolute atomic E-state index is 12.6. The van der Waals surface area contributed by atoms with Crippen molar-refractivity contribution in [1.29, 1.82) is 0 Å². The number of amides is 2. The van der Waals surface area contributed by atoms with Crippen molar-refractivity contribution < 1.29 is 22.8 Å². The van der Waals surface area contributed by atoms with Crippen LogP contribution in [-0.2, 0) is 19.6 Å². The van der Waals surface area contributed by atoms with E-state index >= 15 is 0 Å². The molecule has 28 heavy (non-hydrogen) atoms. The Morgan fingerprint density at radius 2 is 1.54 bits per heavy atom. The molecule has 0 aromatic heterocycles. The van der Waals surface area contributed by atoms with Gasteiger partial charge in [0.25, 0.3) is 0 Å². The molecular formula is C19H25N3O5S. The summed E-state index contributed by atoms with van der Waals surface area (Å²) in [4.78, 5) is 38.2. The van der Waals surface area contributed by atoms with Crippen molar-refractivity contribution in [2.75, 3.05) is 43.4 Å². The van der Waals surface area contributed by atoms with Gasteiger partial charge in [0.15, 0.2) is 5.78 Å². The van der Waals surface area contributed by atoms with Gasteiger partial charge in [-0.05, 0) is 37.6 Å². The van der Waals surface area contributed by atoms with Crippen LogP contribution < -0.4 is 4.90 Å². The molecule has 2 amide bonds. The van der Waals surface area contributed by atoms with Gasteiger partial charge in [-0.3, -0.25) is 19.3 Å². The van der Waals surface area contributed by atoms with Gasteiger partial charge in [0, 0.05) is 56.8 Å². The lowest BCUT2D eigenvalue weighted by atomic mass is 10.1. The van der Waals surface area contributed by atoms with Crippen molar-refractivity contribution in [1.82, 2.24) is 9.21 Å². The SMILES string of the molecule is CC(=O)c1ccc(N2CCN(S(=O)(=O)CCN3C(=O)CCCC3=O)CC2)cc1. The minimum Gasteiger partial charge on any atom is -0.369 e. The van der Waals surface area contributed by atoms with E-state index in [1.165, 1.54) is 11.2 Å². The molecule has 0 radical (unpaired) electrons. The monoisotopic (exact) mass is 407 g/mol. The average Bonchev–Trinajstić information content (AvgIpc) is 2.68. The van der Waals surface area contributed by atoms with Crippen LogP contribution >= 0.6 is 0 Å². The third kappa shape index (κ3) is 4.59. The minimum absolute atomic E-state index is 0.00753. The second-order valence-electron chi connectivity index (χ2n) is 7.10. The summed E-state index contributed by atoms with van der Waals surface area (Å²) in [5.74, 6) is -0.804. The largest absolute Gasteiger partial charge is 0.369 e. The molecule has 0 N–H and O–H groups in total. The summed E-state index contributed by atoms with van der Waals surface area (Å²) in [7, 11) is -3.54. The van der Waals surface area contributed by atoms with Crippen LogP contribution in [0.3, 0.4) is 0 Å². The van der Waals surface area contributed by atoms with Gasteiger partial charge in [0.05, 0.1) is 5.75 Å². The van der Waals surface area contributed by atoms with Crippen molar-refractivity contribution in [2.45, 2.75) is 26.2 Å². The smallest absolute Gasteiger partial charge is 0.229 e. The van der Waals surface area contributed by atoms with Crippen LogP contribution in [0, 0.1) is 0 Å². The van der Waals surface area contributed by atoms with Gasteiger partial charge >= 0.3 is 0 Å². The number of ketones is 1. The Balaban J connectivity index is 1.55. The Morgan fingerprint density at radius 3 is 2.07 bits per heavy atom. The Bertz CT molecular complexity index is 842. The second kappa shape index (κ2) is 8.40. The summed E-state index contributed by atoms with van der Waals surface area (Å²) in [6, 6.07) is 7.28. The fourth-order valence-corrected chi connectivity index (χ4v) is 4.91. The molecule has 0 spiro atoms. The first-order valence-corrected chi connectivity index (χ1v) is 11.1. The lowest BCUT2D eigenvalue weighted by molar-refractivity contribution is -0.147. The van der Waals surface area contributed by atoms with Crippen LogP contribution in [0.4, 0.5) is 5.69 Å². The molecule has 2 saturated heterocycles. The van der Waals surface area contributed by atoms with Crippen LogP contribution in [0.15, 0.2) is 24.3 Å². The van der Waals surface area contributed by atoms with E-state index in [2.05, 4.69) is 4.90 Å². The molecule has 0 unspecified atom stereocenters. The summed E-state index contributed by atoms with van der Waals surface area (Å²) in [5, 5.41) is 0. The lowest BCUT2D eigenvalue weighted by Gasteiger charge is -2.35. The van der Waals surface area contributed by atoms with Crippen molar-refractivity contribution in [3.05, 3.63) is 29.8 Å². The number of carbonyl (C=O) groups excluding carboxylic acids is 3. The zero-order valence-electron chi connectivity index (χ0n) is 16.0. The van der Waals surface area contributed by atoms with Crippen LogP contribution in [0.2, 0.25) is 0 Å². The number of imide groups is 1. The summed E-state index contributed by atoms with van der Waals surface area (Å²) in [5.41, 5.74) is 1.60. The first kappa shape index (κ1) is 20.5. The molecule has 2 aliphatic rings. The molecule has 1 aromatic carbocycles. The van der Waals surface area contributed by atoms with Gasteiger partial charge in [0.1, 0.15) is 0 Å². The highest BCUT2D eigenvalue weighted by Gasteiger charge is 2.31. The van der Waals surface area contributed by atoms with Gasteiger partial charge in [-0.15, -0.1) is 0 Å². The van der Waals surface area contributed by atoms with E-state index in [4.69, 9.17) is 0 Å². The van der Waals surface area contributed by atoms with Gasteiger partial charge in [0.2, 0.25) is 21.8 Å². The van der Waals surface area contributed by atoms with Gasteiger partial charge in [-0.1, -0.05) is 0 Å². The predicted molar refractivity (Wildman–Crippen MR) is 105 cm³/mol. The number of benzene rings is 1. The molecule has 0 atom stereocenters. The molecule has 9 heteroatoms. The molecule has 0 saturated carbocycles. The average molecular weight is 407 g/mol. The van der Waals surface area contributed by atoms with Crippen LogP contribution in [0.1, 0.15) is 36.5 Å². The number of rotatable bonds is 6. The molecule has 2 fully saturated rings. The van der Waals surface area contributed by atoms with E-state index in [0.29, 0.717) is 51.0 Å². The first-order valence-electron chi connectivity index (χ1n) is 9.45. The highest BCUT2D eigenvalue weighted by Crippen LogP contribution is 2.19. The Hall–Kier alpha value is -2.26. The van der Waals surface area contributed by atoms with Crippen molar-refractivity contribution in [3.8, 4) is 0 Å². The number of likely N-dealkylation sites (tertiary alicyclic amines) is 1. The van der Waals surface area contributed by atoms with E-state index in [0.717, 1.165) is 10.6 Å². The second-order valence-corrected chi connectivity index (χ2v) is 9.19. The normalized spacial score (nSPS) is 19.2. The van der Waals surface area contributed by atoms with E-state index in [1.807, 2.05) is 12.1 Å². The summed E-state index contributed by atoms with van der Waals surface area (Å²) in [6.45, 7) is 3.22. The molecule has 1 aromatic rings. The van der Waals surface area contributed by atoms with Crippen LogP contribution in [0.5, 0.6) is 0 Å². The molecule has 0 bridgehead atoms. The number of sulfonamides is 1. The first-order chi connectivity index (χ1) is 13.3. The number of Topliss-reactive ketones (excluding diaryl/α,β-unsaturated/α-hetero) is 1. The molecular weight excluding hydrogens is 382 g/mol. The zero-order chi connectivity index (χ0) is 20.3. The number of nitrogens with zero attached hydrogens (tertiary/aromatic N) is 3. The number of anilines is 1. The lowest BCUT2D eigenvalue weighted by Crippen LogP contribution is -2.51. The molecule has 3 rings (SSSR count). The van der Waals surface area contributed by atoms with Crippen molar-refractivity contribution in [3.63, 3.8) is 0 Å². The van der Waals surface area contributed by atoms with Crippen LogP contribution in [0.25, 0.3) is 0 Å². The Labute approximate surface area is 165 Å². The number of piperidine rings is 1. The quantitative estimate of drug-likeness (QED) is 0.513. The number of hydrogen-bond acceptors (Lipinski definition) is 6. The third-order valence-corrected chi connectivity index (χ3v) is 7.08. The fourth-order valence-electron chi connectivity index (χ4n) is 3.52. The van der Waals surface area contributed by atoms with E-state index < -0.39 is 10.0 Å². The highest BCUT2D eigenvalue weighted by molar-refractivity contribution is 7.89. The summed E-state index contributed by atoms with van der Waals surface area (Å²) >= 11 is 0. The molecule has 0 aliphatic carbocycles. The van der Waals surface area contributed by atoms with Crippen LogP contribution in [-0.4, -0.2) is 73.7 Å². The van der Waals surface area contributed by atoms with E-state index in [-0.39, 0.29) is 29.9 Å². The van der Waals surface area contributed by atoms with Crippen molar-refractivity contribution in [2.24, 2.45) is 0 Å². The molecule has 152 valence electrons. The summed E-state index contributed by atoms with van der Waals surface area (Å²) < 4.78 is 26.7. The van der Waals surface area contributed by atoms with Crippen molar-refractivity contribution >= 4 is 33.3 Å². The number of carbonyl (C=O) groups is 3. The number of piperazine rings is 1. The number of hydrogen-bond donors (Lipinski definition) is 0. The van der Waals surface area contributed by atoms with Gasteiger partial charge in [-0.25, -0.2) is 8.42 Å². The maximum Gasteiger partial charge on any atom is 0.229 e. The third-order valence-electron chi connectivity index (χ3n) is 5.23. The Morgan fingerprint density at radius 1 is 0.964 bits per heavy atom. The predicted octanol–water partition coefficient (Wildman–Crippen LogP) is 0.880. The van der Waals surface area contributed by atoms with E-state index in [9.17, 15) is 22.8 Å². The zero-order valence-corrected chi connectivity index (χ0v) is 16.8. The topological polar surface area (TPSA) is 95.1 Å². The maximum atomic E-state index is 12.6.